The van der Waals surface area contributed by atoms with Crippen molar-refractivity contribution in [2.45, 2.75) is 37.9 Å². The van der Waals surface area contributed by atoms with Gasteiger partial charge in [-0.3, -0.25) is 14.3 Å². The highest BCUT2D eigenvalue weighted by Crippen LogP contribution is 2.42. The van der Waals surface area contributed by atoms with E-state index in [1.54, 1.807) is 4.90 Å². The van der Waals surface area contributed by atoms with Crippen molar-refractivity contribution in [2.75, 3.05) is 18.0 Å². The standard InChI is InChI=1S/C20H21F3N4O2/c21-20(22,23)17-11-16(13-6-7-13)27(25-17)9-8-24-19(29)14-10-18(28)26(12-14)15-4-2-1-3-5-15/h1-5,11,13-14H,6-10,12H2,(H,24,29). The van der Waals surface area contributed by atoms with Gasteiger partial charge in [0.2, 0.25) is 11.8 Å². The van der Waals surface area contributed by atoms with E-state index in [2.05, 4.69) is 10.4 Å². The van der Waals surface area contributed by atoms with E-state index in [-0.39, 0.29) is 37.2 Å². The van der Waals surface area contributed by atoms with E-state index >= 15 is 0 Å². The van der Waals surface area contributed by atoms with Crippen LogP contribution in [0.3, 0.4) is 0 Å². The number of anilines is 1. The van der Waals surface area contributed by atoms with Crippen LogP contribution in [0.15, 0.2) is 36.4 Å². The molecule has 6 nitrogen and oxygen atoms in total. The number of halogens is 3. The zero-order valence-corrected chi connectivity index (χ0v) is 15.7. The number of para-hydroxylation sites is 1. The van der Waals surface area contributed by atoms with Crippen LogP contribution in [0.1, 0.15) is 36.6 Å². The predicted molar refractivity (Wildman–Crippen MR) is 99.1 cm³/mol. The maximum Gasteiger partial charge on any atom is 0.435 e. The normalized spacial score (nSPS) is 19.6. The molecular formula is C20H21F3N4O2. The molecule has 0 radical (unpaired) electrons. The Morgan fingerprint density at radius 1 is 1.21 bits per heavy atom. The second-order valence-corrected chi connectivity index (χ2v) is 7.48. The van der Waals surface area contributed by atoms with Gasteiger partial charge < -0.3 is 10.2 Å². The zero-order valence-electron chi connectivity index (χ0n) is 15.7. The van der Waals surface area contributed by atoms with Gasteiger partial charge in [-0.15, -0.1) is 0 Å². The molecule has 2 aromatic rings. The smallest absolute Gasteiger partial charge is 0.354 e. The molecule has 4 rings (SSSR count). The summed E-state index contributed by atoms with van der Waals surface area (Å²) in [5.41, 5.74) is 0.418. The molecule has 1 aromatic carbocycles. The van der Waals surface area contributed by atoms with Gasteiger partial charge in [0.1, 0.15) is 0 Å². The molecule has 0 bridgehead atoms. The Morgan fingerprint density at radius 2 is 1.93 bits per heavy atom. The first-order valence-electron chi connectivity index (χ1n) is 9.61. The van der Waals surface area contributed by atoms with Crippen molar-refractivity contribution in [3.63, 3.8) is 0 Å². The van der Waals surface area contributed by atoms with Gasteiger partial charge in [0.25, 0.3) is 0 Å². The number of nitrogens with zero attached hydrogens (tertiary/aromatic N) is 3. The summed E-state index contributed by atoms with van der Waals surface area (Å²) in [5.74, 6) is -0.752. The summed E-state index contributed by atoms with van der Waals surface area (Å²) in [6, 6.07) is 10.2. The van der Waals surface area contributed by atoms with Crippen LogP contribution in [0.5, 0.6) is 0 Å². The van der Waals surface area contributed by atoms with Gasteiger partial charge in [-0.1, -0.05) is 18.2 Å². The third-order valence-corrected chi connectivity index (χ3v) is 5.28. The SMILES string of the molecule is O=C(NCCn1nc(C(F)(F)F)cc1C1CC1)C1CC(=O)N(c2ccccc2)C1. The maximum atomic E-state index is 13.0. The van der Waals surface area contributed by atoms with Crippen molar-refractivity contribution in [3.05, 3.63) is 47.8 Å². The number of carbonyl (C=O) groups is 2. The van der Waals surface area contributed by atoms with Gasteiger partial charge in [-0.05, 0) is 31.0 Å². The van der Waals surface area contributed by atoms with E-state index in [4.69, 9.17) is 0 Å². The van der Waals surface area contributed by atoms with Crippen LogP contribution in [0.4, 0.5) is 18.9 Å². The molecule has 2 aliphatic rings. The number of alkyl halides is 3. The van der Waals surface area contributed by atoms with Crippen molar-refractivity contribution in [2.24, 2.45) is 5.92 Å². The number of hydrogen-bond acceptors (Lipinski definition) is 3. The minimum atomic E-state index is -4.48. The number of benzene rings is 1. The van der Waals surface area contributed by atoms with E-state index in [1.807, 2.05) is 30.3 Å². The number of rotatable bonds is 6. The molecule has 1 atom stereocenters. The largest absolute Gasteiger partial charge is 0.435 e. The number of hydrogen-bond donors (Lipinski definition) is 1. The first-order valence-corrected chi connectivity index (χ1v) is 9.61. The quantitative estimate of drug-likeness (QED) is 0.802. The molecule has 2 amide bonds. The molecular weight excluding hydrogens is 385 g/mol. The van der Waals surface area contributed by atoms with Gasteiger partial charge in [0, 0.05) is 36.8 Å². The van der Waals surface area contributed by atoms with Gasteiger partial charge in [0.15, 0.2) is 5.69 Å². The molecule has 9 heteroatoms. The highest BCUT2D eigenvalue weighted by Gasteiger charge is 2.38. The average Bonchev–Trinajstić information content (AvgIpc) is 3.31. The van der Waals surface area contributed by atoms with Crippen LogP contribution in [-0.4, -0.2) is 34.7 Å². The lowest BCUT2D eigenvalue weighted by molar-refractivity contribution is -0.141. The van der Waals surface area contributed by atoms with Crippen LogP contribution < -0.4 is 10.2 Å². The lowest BCUT2D eigenvalue weighted by Gasteiger charge is -2.16. The third-order valence-electron chi connectivity index (χ3n) is 5.28. The van der Waals surface area contributed by atoms with Crippen LogP contribution in [-0.2, 0) is 22.3 Å². The molecule has 1 aliphatic heterocycles. The lowest BCUT2D eigenvalue weighted by Crippen LogP contribution is -2.35. The monoisotopic (exact) mass is 406 g/mol. The van der Waals surface area contributed by atoms with E-state index in [0.717, 1.165) is 24.6 Å². The summed E-state index contributed by atoms with van der Waals surface area (Å²) in [5, 5.41) is 6.42. The highest BCUT2D eigenvalue weighted by molar-refractivity contribution is 6.00. The van der Waals surface area contributed by atoms with Crippen molar-refractivity contribution in [1.29, 1.82) is 0 Å². The molecule has 1 aromatic heterocycles. The van der Waals surface area contributed by atoms with E-state index in [0.29, 0.717) is 12.2 Å². The van der Waals surface area contributed by atoms with Crippen molar-refractivity contribution < 1.29 is 22.8 Å². The van der Waals surface area contributed by atoms with Crippen LogP contribution in [0.2, 0.25) is 0 Å². The Balaban J connectivity index is 1.34. The summed E-state index contributed by atoms with van der Waals surface area (Å²) in [6.07, 6.45) is -2.65. The molecule has 154 valence electrons. The topological polar surface area (TPSA) is 67.2 Å². The van der Waals surface area contributed by atoms with Gasteiger partial charge >= 0.3 is 6.18 Å². The molecule has 1 saturated carbocycles. The predicted octanol–water partition coefficient (Wildman–Crippen LogP) is 2.95. The van der Waals surface area contributed by atoms with Crippen molar-refractivity contribution >= 4 is 17.5 Å². The Kier molecular flexibility index (Phi) is 5.06. The van der Waals surface area contributed by atoms with Gasteiger partial charge in [-0.25, -0.2) is 0 Å². The first kappa shape index (κ1) is 19.5. The Hall–Kier alpha value is -2.84. The second kappa shape index (κ2) is 7.53. The molecule has 1 unspecified atom stereocenters. The highest BCUT2D eigenvalue weighted by atomic mass is 19.4. The Labute approximate surface area is 165 Å². The van der Waals surface area contributed by atoms with Gasteiger partial charge in [-0.2, -0.15) is 18.3 Å². The summed E-state index contributed by atoms with van der Waals surface area (Å²) in [4.78, 5) is 26.3. The van der Waals surface area contributed by atoms with Crippen LogP contribution >= 0.6 is 0 Å². The minimum Gasteiger partial charge on any atom is -0.354 e. The van der Waals surface area contributed by atoms with Crippen LogP contribution in [0, 0.1) is 5.92 Å². The molecule has 29 heavy (non-hydrogen) atoms. The first-order chi connectivity index (χ1) is 13.8. The lowest BCUT2D eigenvalue weighted by atomic mass is 10.1. The van der Waals surface area contributed by atoms with E-state index in [1.165, 1.54) is 4.68 Å². The number of carbonyl (C=O) groups excluding carboxylic acids is 2. The summed E-state index contributed by atoms with van der Waals surface area (Å²) >= 11 is 0. The summed E-state index contributed by atoms with van der Waals surface area (Å²) in [7, 11) is 0. The molecule has 1 N–H and O–H groups in total. The van der Waals surface area contributed by atoms with Crippen molar-refractivity contribution in [1.82, 2.24) is 15.1 Å². The number of aromatic nitrogens is 2. The molecule has 2 heterocycles. The number of amides is 2. The van der Waals surface area contributed by atoms with E-state index < -0.39 is 17.8 Å². The summed E-state index contributed by atoms with van der Waals surface area (Å²) in [6.45, 7) is 0.617. The average molecular weight is 406 g/mol. The zero-order chi connectivity index (χ0) is 20.6. The minimum absolute atomic E-state index is 0.112. The fraction of sp³-hybridized carbons (Fsp3) is 0.450. The Morgan fingerprint density at radius 3 is 2.59 bits per heavy atom. The number of nitrogens with one attached hydrogen (secondary N) is 1. The van der Waals surface area contributed by atoms with Crippen LogP contribution in [0.25, 0.3) is 0 Å². The fourth-order valence-electron chi connectivity index (χ4n) is 3.63. The molecule has 1 aliphatic carbocycles. The van der Waals surface area contributed by atoms with Crippen molar-refractivity contribution in [3.8, 4) is 0 Å². The second-order valence-electron chi connectivity index (χ2n) is 7.48. The maximum absolute atomic E-state index is 13.0. The fourth-order valence-corrected chi connectivity index (χ4v) is 3.63. The Bertz CT molecular complexity index is 906. The molecule has 1 saturated heterocycles. The molecule has 0 spiro atoms. The summed E-state index contributed by atoms with van der Waals surface area (Å²) < 4.78 is 40.2. The van der Waals surface area contributed by atoms with Gasteiger partial charge in [0.05, 0.1) is 12.5 Å². The van der Waals surface area contributed by atoms with E-state index in [9.17, 15) is 22.8 Å². The third kappa shape index (κ3) is 4.28. The molecule has 2 fully saturated rings.